The maximum atomic E-state index is 12.0. The molecule has 0 fully saturated rings. The molecule has 0 bridgehead atoms. The Labute approximate surface area is 101 Å². The van der Waals surface area contributed by atoms with Crippen LogP contribution < -0.4 is 0 Å². The molecule has 16 heavy (non-hydrogen) atoms. The first-order valence-corrected chi connectivity index (χ1v) is 6.78. The van der Waals surface area contributed by atoms with E-state index >= 15 is 0 Å². The molecule has 0 aromatic heterocycles. The molecule has 0 aliphatic rings. The third kappa shape index (κ3) is 5.64. The molecule has 0 saturated heterocycles. The van der Waals surface area contributed by atoms with Crippen molar-refractivity contribution in [1.29, 1.82) is 0 Å². The molecule has 0 saturated carbocycles. The monoisotopic (exact) mass is 228 g/mol. The molecule has 0 rings (SSSR count). The van der Waals surface area contributed by atoms with Gasteiger partial charge in [0.15, 0.2) is 5.78 Å². The van der Waals surface area contributed by atoms with E-state index in [9.17, 15) is 4.79 Å². The van der Waals surface area contributed by atoms with Crippen LogP contribution in [-0.4, -0.2) is 18.0 Å². The molecule has 0 aliphatic carbocycles. The summed E-state index contributed by atoms with van der Waals surface area (Å²) in [4.78, 5) is 12.0. The summed E-state index contributed by atoms with van der Waals surface area (Å²) in [5.41, 5.74) is -0.529. The van der Waals surface area contributed by atoms with Gasteiger partial charge in [0.2, 0.25) is 0 Å². The molecule has 1 unspecified atom stereocenters. The predicted molar refractivity (Wildman–Crippen MR) is 68.7 cm³/mol. The first-order valence-electron chi connectivity index (χ1n) is 6.78. The molecule has 0 heterocycles. The molecule has 0 spiro atoms. The van der Waals surface area contributed by atoms with Crippen molar-refractivity contribution in [1.82, 2.24) is 0 Å². The summed E-state index contributed by atoms with van der Waals surface area (Å²) in [7, 11) is 0. The first-order chi connectivity index (χ1) is 7.60. The van der Waals surface area contributed by atoms with E-state index in [2.05, 4.69) is 6.92 Å². The molecular weight excluding hydrogens is 200 g/mol. The number of hydrogen-bond donors (Lipinski definition) is 0. The van der Waals surface area contributed by atoms with Crippen molar-refractivity contribution in [2.75, 3.05) is 6.61 Å². The summed E-state index contributed by atoms with van der Waals surface area (Å²) >= 11 is 0. The van der Waals surface area contributed by atoms with Gasteiger partial charge in [-0.2, -0.15) is 0 Å². The highest BCUT2D eigenvalue weighted by Crippen LogP contribution is 2.23. The molecule has 2 nitrogen and oxygen atoms in total. The number of carbonyl (C=O) groups is 1. The Morgan fingerprint density at radius 1 is 1.06 bits per heavy atom. The van der Waals surface area contributed by atoms with E-state index in [4.69, 9.17) is 4.74 Å². The van der Waals surface area contributed by atoms with Crippen LogP contribution in [0.2, 0.25) is 0 Å². The normalized spacial score (nSPS) is 14.8. The number of ketones is 1. The number of carbonyl (C=O) groups excluding carboxylic acids is 1. The summed E-state index contributed by atoms with van der Waals surface area (Å²) in [5, 5.41) is 0. The largest absolute Gasteiger partial charge is 0.368 e. The van der Waals surface area contributed by atoms with Crippen LogP contribution in [0.25, 0.3) is 0 Å². The van der Waals surface area contributed by atoms with Gasteiger partial charge in [-0.1, -0.05) is 39.5 Å². The number of ether oxygens (including phenoxy) is 1. The fraction of sp³-hybridized carbons (Fsp3) is 0.929. The first kappa shape index (κ1) is 15.6. The van der Waals surface area contributed by atoms with E-state index in [0.717, 1.165) is 19.3 Å². The van der Waals surface area contributed by atoms with Crippen LogP contribution in [0.4, 0.5) is 0 Å². The Balaban J connectivity index is 4.15. The van der Waals surface area contributed by atoms with Crippen molar-refractivity contribution in [2.45, 2.75) is 78.2 Å². The fourth-order valence-corrected chi connectivity index (χ4v) is 1.99. The van der Waals surface area contributed by atoms with Crippen molar-refractivity contribution in [2.24, 2.45) is 0 Å². The van der Waals surface area contributed by atoms with Crippen LogP contribution in [0.1, 0.15) is 72.6 Å². The average molecular weight is 228 g/mol. The lowest BCUT2D eigenvalue weighted by Gasteiger charge is -2.28. The Hall–Kier alpha value is -0.370. The topological polar surface area (TPSA) is 26.3 Å². The Kier molecular flexibility index (Phi) is 8.54. The molecule has 1 atom stereocenters. The van der Waals surface area contributed by atoms with Gasteiger partial charge in [0.1, 0.15) is 5.60 Å². The van der Waals surface area contributed by atoms with E-state index < -0.39 is 5.60 Å². The van der Waals surface area contributed by atoms with E-state index in [0.29, 0.717) is 13.0 Å². The summed E-state index contributed by atoms with van der Waals surface area (Å²) < 4.78 is 5.67. The van der Waals surface area contributed by atoms with E-state index in [1.54, 1.807) is 0 Å². The third-order valence-electron chi connectivity index (χ3n) is 3.04. The number of rotatable bonds is 10. The number of hydrogen-bond acceptors (Lipinski definition) is 2. The minimum Gasteiger partial charge on any atom is -0.368 e. The van der Waals surface area contributed by atoms with Crippen LogP contribution >= 0.6 is 0 Å². The highest BCUT2D eigenvalue weighted by molar-refractivity contribution is 5.86. The van der Waals surface area contributed by atoms with E-state index in [-0.39, 0.29) is 5.78 Å². The zero-order valence-corrected chi connectivity index (χ0v) is 11.5. The number of unbranched alkanes of at least 4 members (excludes halogenated alkanes) is 3. The summed E-state index contributed by atoms with van der Waals surface area (Å²) in [6, 6.07) is 0. The Morgan fingerprint density at radius 3 is 2.25 bits per heavy atom. The van der Waals surface area contributed by atoms with Gasteiger partial charge in [-0.15, -0.1) is 0 Å². The second-order valence-electron chi connectivity index (χ2n) is 4.65. The van der Waals surface area contributed by atoms with Crippen molar-refractivity contribution >= 4 is 5.78 Å². The zero-order valence-electron chi connectivity index (χ0n) is 11.5. The van der Waals surface area contributed by atoms with Gasteiger partial charge in [-0.05, 0) is 26.7 Å². The summed E-state index contributed by atoms with van der Waals surface area (Å²) in [6.45, 7) is 8.79. The molecule has 0 N–H and O–H groups in total. The average Bonchev–Trinajstić information content (AvgIpc) is 2.25. The molecular formula is C14H28O2. The second-order valence-corrected chi connectivity index (χ2v) is 4.65. The van der Waals surface area contributed by atoms with Gasteiger partial charge in [0, 0.05) is 13.0 Å². The molecule has 0 aromatic carbocycles. The smallest absolute Gasteiger partial charge is 0.164 e. The van der Waals surface area contributed by atoms with Crippen LogP contribution in [0, 0.1) is 0 Å². The lowest BCUT2D eigenvalue weighted by atomic mass is 9.90. The zero-order chi connectivity index (χ0) is 12.4. The lowest BCUT2D eigenvalue weighted by molar-refractivity contribution is -0.143. The van der Waals surface area contributed by atoms with Gasteiger partial charge >= 0.3 is 0 Å². The highest BCUT2D eigenvalue weighted by atomic mass is 16.5. The maximum absolute atomic E-state index is 12.0. The van der Waals surface area contributed by atoms with Crippen molar-refractivity contribution < 1.29 is 9.53 Å². The van der Waals surface area contributed by atoms with Gasteiger partial charge in [0.05, 0.1) is 0 Å². The van der Waals surface area contributed by atoms with E-state index in [1.807, 2.05) is 20.8 Å². The standard InChI is InChI=1S/C14H28O2/c1-5-8-9-10-12-14(4,16-7-3)13(15)11-6-2/h5-12H2,1-4H3. The minimum absolute atomic E-state index is 0.272. The lowest BCUT2D eigenvalue weighted by Crippen LogP contribution is -2.38. The molecule has 2 heteroatoms. The van der Waals surface area contributed by atoms with Gasteiger partial charge in [-0.25, -0.2) is 0 Å². The molecule has 96 valence electrons. The Bertz CT molecular complexity index is 189. The quantitative estimate of drug-likeness (QED) is 0.526. The van der Waals surface area contributed by atoms with Crippen LogP contribution in [-0.2, 0) is 9.53 Å². The summed E-state index contributed by atoms with van der Waals surface area (Å²) in [5.74, 6) is 0.272. The molecule has 0 amide bonds. The molecule has 0 aliphatic heterocycles. The van der Waals surface area contributed by atoms with E-state index in [1.165, 1.54) is 19.3 Å². The van der Waals surface area contributed by atoms with Gasteiger partial charge in [0.25, 0.3) is 0 Å². The maximum Gasteiger partial charge on any atom is 0.164 e. The third-order valence-corrected chi connectivity index (χ3v) is 3.04. The van der Waals surface area contributed by atoms with Crippen LogP contribution in [0.5, 0.6) is 0 Å². The highest BCUT2D eigenvalue weighted by Gasteiger charge is 2.31. The summed E-state index contributed by atoms with van der Waals surface area (Å²) in [6.07, 6.45) is 7.22. The van der Waals surface area contributed by atoms with Crippen LogP contribution in [0.3, 0.4) is 0 Å². The van der Waals surface area contributed by atoms with Crippen molar-refractivity contribution in [3.05, 3.63) is 0 Å². The van der Waals surface area contributed by atoms with Gasteiger partial charge in [-0.3, -0.25) is 4.79 Å². The minimum atomic E-state index is -0.529. The second kappa shape index (κ2) is 8.74. The van der Waals surface area contributed by atoms with Gasteiger partial charge < -0.3 is 4.74 Å². The fourth-order valence-electron chi connectivity index (χ4n) is 1.99. The number of Topliss-reactive ketones (excluding diaryl/α,β-unsaturated/α-hetero) is 1. The predicted octanol–water partition coefficient (Wildman–Crippen LogP) is 4.12. The molecule has 0 aromatic rings. The van der Waals surface area contributed by atoms with Crippen molar-refractivity contribution in [3.8, 4) is 0 Å². The van der Waals surface area contributed by atoms with Crippen LogP contribution in [0.15, 0.2) is 0 Å². The molecule has 0 radical (unpaired) electrons. The SMILES string of the molecule is CCCCCCC(C)(OCC)C(=O)CCC. The van der Waals surface area contributed by atoms with Crippen molar-refractivity contribution in [3.63, 3.8) is 0 Å². The Morgan fingerprint density at radius 2 is 1.75 bits per heavy atom.